The van der Waals surface area contributed by atoms with Crippen molar-refractivity contribution in [3.63, 3.8) is 0 Å². The molecule has 0 fully saturated rings. The monoisotopic (exact) mass is 383 g/mol. The zero-order valence-electron chi connectivity index (χ0n) is 12.1. The number of thiophene rings is 2. The number of hydrogen-bond acceptors (Lipinski definition) is 6. The molecule has 0 spiro atoms. The number of halogens is 3. The highest BCUT2D eigenvalue weighted by Gasteiger charge is 2.35. The van der Waals surface area contributed by atoms with Gasteiger partial charge in [0.1, 0.15) is 16.2 Å². The van der Waals surface area contributed by atoms with Crippen LogP contribution in [-0.2, 0) is 6.18 Å². The van der Waals surface area contributed by atoms with Gasteiger partial charge >= 0.3 is 6.18 Å². The van der Waals surface area contributed by atoms with Crippen LogP contribution in [0.2, 0.25) is 0 Å². The highest BCUT2D eigenvalue weighted by atomic mass is 32.2. The number of pyridine rings is 1. The van der Waals surface area contributed by atoms with Crippen molar-refractivity contribution < 1.29 is 13.2 Å². The molecule has 4 heterocycles. The van der Waals surface area contributed by atoms with Crippen LogP contribution < -0.4 is 0 Å². The summed E-state index contributed by atoms with van der Waals surface area (Å²) in [5.74, 6) is 0. The number of thioether (sulfide) groups is 1. The maximum Gasteiger partial charge on any atom is 0.417 e. The zero-order valence-corrected chi connectivity index (χ0v) is 14.5. The molecule has 4 aromatic rings. The quantitative estimate of drug-likeness (QED) is 0.328. The molecule has 24 heavy (non-hydrogen) atoms. The first-order valence-corrected chi connectivity index (χ1v) is 9.64. The molecule has 0 saturated carbocycles. The fourth-order valence-electron chi connectivity index (χ4n) is 2.47. The molecule has 0 atom stereocenters. The van der Waals surface area contributed by atoms with Gasteiger partial charge < -0.3 is 0 Å². The molecule has 0 aliphatic heterocycles. The molecule has 122 valence electrons. The fourth-order valence-corrected chi connectivity index (χ4v) is 5.00. The second-order valence-electron chi connectivity index (χ2n) is 4.87. The Morgan fingerprint density at radius 1 is 1.21 bits per heavy atom. The van der Waals surface area contributed by atoms with Gasteiger partial charge in [-0.2, -0.15) is 13.2 Å². The summed E-state index contributed by atoms with van der Waals surface area (Å²) in [5.41, 5.74) is -0.0603. The van der Waals surface area contributed by atoms with Crippen molar-refractivity contribution in [3.8, 4) is 10.6 Å². The minimum absolute atomic E-state index is 0.0560. The van der Waals surface area contributed by atoms with Crippen molar-refractivity contribution in [2.24, 2.45) is 0 Å². The Morgan fingerprint density at radius 2 is 2.04 bits per heavy atom. The third kappa shape index (κ3) is 2.47. The van der Waals surface area contributed by atoms with E-state index in [2.05, 4.69) is 15.0 Å². The molecule has 3 nitrogen and oxygen atoms in total. The molecule has 4 aromatic heterocycles. The number of aromatic nitrogens is 3. The molecule has 0 unspecified atom stereocenters. The SMILES string of the molecule is CSc1ncnc2c1sc1nc(-c3cccs3)cc(C(F)(F)F)c12. The van der Waals surface area contributed by atoms with E-state index in [-0.39, 0.29) is 5.39 Å². The van der Waals surface area contributed by atoms with Crippen LogP contribution in [0.5, 0.6) is 0 Å². The largest absolute Gasteiger partial charge is 0.417 e. The van der Waals surface area contributed by atoms with Crippen molar-refractivity contribution in [2.75, 3.05) is 6.26 Å². The molecule has 0 aromatic carbocycles. The molecule has 0 amide bonds. The van der Waals surface area contributed by atoms with E-state index in [1.165, 1.54) is 40.8 Å². The summed E-state index contributed by atoms with van der Waals surface area (Å²) in [6.07, 6.45) is -1.35. The average molecular weight is 383 g/mol. The van der Waals surface area contributed by atoms with Crippen LogP contribution in [0, 0.1) is 0 Å². The molecule has 0 radical (unpaired) electrons. The minimum Gasteiger partial charge on any atom is -0.236 e. The van der Waals surface area contributed by atoms with Crippen molar-refractivity contribution in [1.82, 2.24) is 15.0 Å². The summed E-state index contributed by atoms with van der Waals surface area (Å²) in [6, 6.07) is 4.67. The molecule has 9 heteroatoms. The van der Waals surface area contributed by atoms with Gasteiger partial charge in [-0.15, -0.1) is 34.4 Å². The summed E-state index contributed by atoms with van der Waals surface area (Å²) in [5, 5.41) is 2.53. The standard InChI is InChI=1S/C15H8F3N3S3/c1-22-14-12-11(19-6-20-14)10-7(15(16,17)18)5-8(21-13(10)24-12)9-3-2-4-23-9/h2-6H,1H3. The van der Waals surface area contributed by atoms with E-state index >= 15 is 0 Å². The number of fused-ring (bicyclic) bond motifs is 3. The van der Waals surface area contributed by atoms with Crippen molar-refractivity contribution in [3.05, 3.63) is 35.5 Å². The van der Waals surface area contributed by atoms with Gasteiger partial charge in [-0.05, 0) is 23.8 Å². The van der Waals surface area contributed by atoms with E-state index in [9.17, 15) is 13.2 Å². The van der Waals surface area contributed by atoms with Crippen LogP contribution in [0.4, 0.5) is 13.2 Å². The molecule has 0 N–H and O–H groups in total. The predicted molar refractivity (Wildman–Crippen MR) is 92.8 cm³/mol. The summed E-state index contributed by atoms with van der Waals surface area (Å²) < 4.78 is 41.6. The first kappa shape index (κ1) is 15.8. The third-order valence-corrected chi connectivity index (χ3v) is 6.26. The lowest BCUT2D eigenvalue weighted by Crippen LogP contribution is -2.06. The van der Waals surface area contributed by atoms with E-state index in [1.807, 2.05) is 11.6 Å². The van der Waals surface area contributed by atoms with Crippen molar-refractivity contribution in [2.45, 2.75) is 11.2 Å². The van der Waals surface area contributed by atoms with E-state index in [0.29, 0.717) is 30.6 Å². The molecule has 0 aliphatic rings. The van der Waals surface area contributed by atoms with Crippen LogP contribution in [-0.4, -0.2) is 21.2 Å². The van der Waals surface area contributed by atoms with Gasteiger partial charge in [-0.1, -0.05) is 6.07 Å². The first-order valence-electron chi connectivity index (χ1n) is 6.72. The molecule has 0 bridgehead atoms. The van der Waals surface area contributed by atoms with E-state index in [0.717, 1.165) is 6.07 Å². The van der Waals surface area contributed by atoms with Crippen LogP contribution >= 0.6 is 34.4 Å². The first-order chi connectivity index (χ1) is 11.5. The summed E-state index contributed by atoms with van der Waals surface area (Å²) >= 11 is 3.94. The van der Waals surface area contributed by atoms with Gasteiger partial charge in [0, 0.05) is 0 Å². The lowest BCUT2D eigenvalue weighted by molar-refractivity contribution is -0.136. The van der Waals surface area contributed by atoms with E-state index < -0.39 is 11.7 Å². The minimum atomic E-state index is -4.48. The predicted octanol–water partition coefficient (Wildman–Crippen LogP) is 5.71. The normalized spacial score (nSPS) is 12.3. The fraction of sp³-hybridized carbons (Fsp3) is 0.133. The van der Waals surface area contributed by atoms with E-state index in [4.69, 9.17) is 0 Å². The average Bonchev–Trinajstić information content (AvgIpc) is 3.19. The Balaban J connectivity index is 2.14. The van der Waals surface area contributed by atoms with Crippen molar-refractivity contribution >= 4 is 54.9 Å². The molecular weight excluding hydrogens is 375 g/mol. The maximum atomic E-state index is 13.7. The number of alkyl halides is 3. The summed E-state index contributed by atoms with van der Waals surface area (Å²) in [7, 11) is 0. The maximum absolute atomic E-state index is 13.7. The Kier molecular flexibility index (Phi) is 3.74. The lowest BCUT2D eigenvalue weighted by Gasteiger charge is -2.10. The Labute approximate surface area is 146 Å². The van der Waals surface area contributed by atoms with Gasteiger partial charge in [-0.25, -0.2) is 15.0 Å². The topological polar surface area (TPSA) is 38.7 Å². The van der Waals surface area contributed by atoms with Gasteiger partial charge in [-0.3, -0.25) is 0 Å². The highest BCUT2D eigenvalue weighted by molar-refractivity contribution is 7.98. The van der Waals surface area contributed by atoms with Gasteiger partial charge in [0.2, 0.25) is 0 Å². The second-order valence-corrected chi connectivity index (χ2v) is 7.61. The lowest BCUT2D eigenvalue weighted by atomic mass is 10.1. The van der Waals surface area contributed by atoms with Crippen LogP contribution in [0.1, 0.15) is 5.56 Å². The Hall–Kier alpha value is -1.71. The third-order valence-electron chi connectivity index (χ3n) is 3.47. The van der Waals surface area contributed by atoms with Crippen LogP contribution in [0.3, 0.4) is 0 Å². The number of hydrogen-bond donors (Lipinski definition) is 0. The van der Waals surface area contributed by atoms with Gasteiger partial charge in [0.15, 0.2) is 0 Å². The molecule has 0 aliphatic carbocycles. The van der Waals surface area contributed by atoms with E-state index in [1.54, 1.807) is 12.1 Å². The van der Waals surface area contributed by atoms with Crippen LogP contribution in [0.15, 0.2) is 34.9 Å². The highest BCUT2D eigenvalue weighted by Crippen LogP contribution is 2.44. The van der Waals surface area contributed by atoms with Crippen LogP contribution in [0.25, 0.3) is 31.0 Å². The van der Waals surface area contributed by atoms with Crippen molar-refractivity contribution in [1.29, 1.82) is 0 Å². The zero-order chi connectivity index (χ0) is 16.9. The van der Waals surface area contributed by atoms with Gasteiger partial charge in [0.25, 0.3) is 0 Å². The molecular formula is C15H8F3N3S3. The number of nitrogens with zero attached hydrogens (tertiary/aromatic N) is 3. The summed E-state index contributed by atoms with van der Waals surface area (Å²) in [6.45, 7) is 0. The molecule has 4 rings (SSSR count). The summed E-state index contributed by atoms with van der Waals surface area (Å²) in [4.78, 5) is 13.7. The molecule has 0 saturated heterocycles. The Bertz CT molecular complexity index is 1040. The Morgan fingerprint density at radius 3 is 2.71 bits per heavy atom. The smallest absolute Gasteiger partial charge is 0.236 e. The van der Waals surface area contributed by atoms with Gasteiger partial charge in [0.05, 0.1) is 31.7 Å². The number of rotatable bonds is 2. The second kappa shape index (κ2) is 5.68.